The fourth-order valence-electron chi connectivity index (χ4n) is 1.55. The van der Waals surface area contributed by atoms with E-state index in [1.54, 1.807) is 13.2 Å². The van der Waals surface area contributed by atoms with Crippen molar-refractivity contribution >= 4 is 22.5 Å². The van der Waals surface area contributed by atoms with Crippen molar-refractivity contribution in [2.45, 2.75) is 19.4 Å². The van der Waals surface area contributed by atoms with E-state index in [4.69, 9.17) is 0 Å². The van der Waals surface area contributed by atoms with Crippen LogP contribution in [0.15, 0.2) is 36.5 Å². The summed E-state index contributed by atoms with van der Waals surface area (Å²) in [5.41, 5.74) is 1.11. The molecule has 4 heteroatoms. The lowest BCUT2D eigenvalue weighted by molar-refractivity contribution is -0.121. The van der Waals surface area contributed by atoms with Gasteiger partial charge >= 0.3 is 0 Å². The van der Waals surface area contributed by atoms with Crippen LogP contribution in [-0.4, -0.2) is 23.5 Å². The van der Waals surface area contributed by atoms with Crippen LogP contribution >= 0.6 is 0 Å². The maximum absolute atomic E-state index is 12.0. The minimum absolute atomic E-state index is 0.0618. The van der Waals surface area contributed by atoms with Crippen molar-refractivity contribution in [1.82, 2.24) is 10.3 Å². The zero-order valence-corrected chi connectivity index (χ0v) is 10.8. The monoisotopic (exact) mass is 243 g/mol. The number of carbonyl (C=O) groups excluding carboxylic acids is 1. The van der Waals surface area contributed by atoms with Crippen molar-refractivity contribution < 1.29 is 4.79 Å². The standard InChI is InChI=1S/C14H17N3O/c1-14(2,15-3)13(18)17-11-6-7-12-10(9-11)5-4-8-16-12/h4-9,15H,1-3H3,(H,17,18). The number of hydrogen-bond donors (Lipinski definition) is 2. The number of benzene rings is 1. The predicted molar refractivity (Wildman–Crippen MR) is 73.5 cm³/mol. The number of nitrogens with zero attached hydrogens (tertiary/aromatic N) is 1. The van der Waals surface area contributed by atoms with Gasteiger partial charge in [-0.3, -0.25) is 9.78 Å². The molecule has 0 saturated carbocycles. The summed E-state index contributed by atoms with van der Waals surface area (Å²) in [5.74, 6) is -0.0618. The number of nitrogens with one attached hydrogen (secondary N) is 2. The Hall–Kier alpha value is -1.94. The van der Waals surface area contributed by atoms with Gasteiger partial charge in [0.2, 0.25) is 5.91 Å². The Morgan fingerprint density at radius 3 is 2.78 bits per heavy atom. The fraction of sp³-hybridized carbons (Fsp3) is 0.286. The van der Waals surface area contributed by atoms with Gasteiger partial charge in [0.1, 0.15) is 0 Å². The molecule has 0 aliphatic heterocycles. The molecular weight excluding hydrogens is 226 g/mol. The Morgan fingerprint density at radius 2 is 2.06 bits per heavy atom. The van der Waals surface area contributed by atoms with E-state index in [-0.39, 0.29) is 5.91 Å². The number of amides is 1. The first-order chi connectivity index (χ1) is 8.53. The Labute approximate surface area is 106 Å². The van der Waals surface area contributed by atoms with Crippen LogP contribution in [-0.2, 0) is 4.79 Å². The third-order valence-electron chi connectivity index (χ3n) is 3.05. The van der Waals surface area contributed by atoms with Gasteiger partial charge in [0.25, 0.3) is 0 Å². The largest absolute Gasteiger partial charge is 0.324 e. The average Bonchev–Trinajstić information content (AvgIpc) is 2.38. The quantitative estimate of drug-likeness (QED) is 0.868. The third-order valence-corrected chi connectivity index (χ3v) is 3.05. The number of hydrogen-bond acceptors (Lipinski definition) is 3. The van der Waals surface area contributed by atoms with E-state index in [9.17, 15) is 4.79 Å². The molecule has 4 nitrogen and oxygen atoms in total. The molecule has 1 aromatic heterocycles. The molecule has 0 spiro atoms. The van der Waals surface area contributed by atoms with Crippen molar-refractivity contribution in [2.24, 2.45) is 0 Å². The summed E-state index contributed by atoms with van der Waals surface area (Å²) in [6.45, 7) is 3.68. The molecule has 18 heavy (non-hydrogen) atoms. The molecule has 2 N–H and O–H groups in total. The lowest BCUT2D eigenvalue weighted by Crippen LogP contribution is -2.47. The van der Waals surface area contributed by atoms with Crippen LogP contribution < -0.4 is 10.6 Å². The van der Waals surface area contributed by atoms with Crippen molar-refractivity contribution in [3.05, 3.63) is 36.5 Å². The van der Waals surface area contributed by atoms with Crippen molar-refractivity contribution in [3.8, 4) is 0 Å². The molecule has 0 aliphatic rings. The summed E-state index contributed by atoms with van der Waals surface area (Å²) < 4.78 is 0. The molecule has 0 saturated heterocycles. The van der Waals surface area contributed by atoms with Crippen LogP contribution in [0.2, 0.25) is 0 Å². The molecule has 2 aromatic rings. The van der Waals surface area contributed by atoms with Gasteiger partial charge in [-0.05, 0) is 45.2 Å². The van der Waals surface area contributed by atoms with Crippen molar-refractivity contribution in [3.63, 3.8) is 0 Å². The van der Waals surface area contributed by atoms with Crippen molar-refractivity contribution in [2.75, 3.05) is 12.4 Å². The number of pyridine rings is 1. The highest BCUT2D eigenvalue weighted by atomic mass is 16.2. The Morgan fingerprint density at radius 1 is 1.28 bits per heavy atom. The molecule has 94 valence electrons. The van der Waals surface area contributed by atoms with Crippen LogP contribution in [0.25, 0.3) is 10.9 Å². The van der Waals surface area contributed by atoms with Gasteiger partial charge in [0, 0.05) is 17.3 Å². The number of fused-ring (bicyclic) bond motifs is 1. The van der Waals surface area contributed by atoms with E-state index in [0.29, 0.717) is 0 Å². The summed E-state index contributed by atoms with van der Waals surface area (Å²) in [4.78, 5) is 16.3. The third kappa shape index (κ3) is 2.49. The number of carbonyl (C=O) groups is 1. The van der Waals surface area contributed by atoms with E-state index in [0.717, 1.165) is 16.6 Å². The molecule has 0 radical (unpaired) electrons. The summed E-state index contributed by atoms with van der Waals surface area (Å²) in [5, 5.41) is 6.88. The second-order valence-electron chi connectivity index (χ2n) is 4.74. The van der Waals surface area contributed by atoms with Crippen LogP contribution in [0.1, 0.15) is 13.8 Å². The lowest BCUT2D eigenvalue weighted by Gasteiger charge is -2.22. The number of rotatable bonds is 3. The predicted octanol–water partition coefficient (Wildman–Crippen LogP) is 2.17. The topological polar surface area (TPSA) is 54.0 Å². The minimum Gasteiger partial charge on any atom is -0.324 e. The molecule has 0 fully saturated rings. The van der Waals surface area contributed by atoms with Crippen LogP contribution in [0, 0.1) is 0 Å². The summed E-state index contributed by atoms with van der Waals surface area (Å²) in [6, 6.07) is 9.54. The van der Waals surface area contributed by atoms with E-state index in [1.807, 2.05) is 44.2 Å². The average molecular weight is 243 g/mol. The number of aromatic nitrogens is 1. The van der Waals surface area contributed by atoms with Crippen molar-refractivity contribution in [1.29, 1.82) is 0 Å². The molecule has 0 atom stereocenters. The molecule has 0 aliphatic carbocycles. The molecule has 0 bridgehead atoms. The first-order valence-electron chi connectivity index (χ1n) is 5.88. The summed E-state index contributed by atoms with van der Waals surface area (Å²) in [7, 11) is 1.77. The second kappa shape index (κ2) is 4.74. The fourth-order valence-corrected chi connectivity index (χ4v) is 1.55. The molecule has 1 heterocycles. The Bertz CT molecular complexity index is 578. The van der Waals surface area contributed by atoms with E-state index in [1.165, 1.54) is 0 Å². The van der Waals surface area contributed by atoms with Crippen LogP contribution in [0.3, 0.4) is 0 Å². The highest BCUT2D eigenvalue weighted by Crippen LogP contribution is 2.18. The zero-order valence-electron chi connectivity index (χ0n) is 10.8. The number of likely N-dealkylation sites (N-methyl/N-ethyl adjacent to an activating group) is 1. The zero-order chi connectivity index (χ0) is 13.2. The van der Waals surface area contributed by atoms with Gasteiger partial charge in [0.15, 0.2) is 0 Å². The van der Waals surface area contributed by atoms with E-state index in [2.05, 4.69) is 15.6 Å². The Balaban J connectivity index is 2.25. The Kier molecular flexibility index (Phi) is 3.30. The highest BCUT2D eigenvalue weighted by Gasteiger charge is 2.24. The SMILES string of the molecule is CNC(C)(C)C(=O)Nc1ccc2ncccc2c1. The van der Waals surface area contributed by atoms with Crippen LogP contribution in [0.5, 0.6) is 0 Å². The first-order valence-corrected chi connectivity index (χ1v) is 5.88. The van der Waals surface area contributed by atoms with E-state index >= 15 is 0 Å². The second-order valence-corrected chi connectivity index (χ2v) is 4.74. The molecule has 1 amide bonds. The van der Waals surface area contributed by atoms with Gasteiger partial charge in [0.05, 0.1) is 11.1 Å². The number of anilines is 1. The lowest BCUT2D eigenvalue weighted by atomic mass is 10.0. The van der Waals surface area contributed by atoms with Crippen LogP contribution in [0.4, 0.5) is 5.69 Å². The van der Waals surface area contributed by atoms with Gasteiger partial charge in [-0.25, -0.2) is 0 Å². The van der Waals surface area contributed by atoms with Gasteiger partial charge in [-0.15, -0.1) is 0 Å². The van der Waals surface area contributed by atoms with E-state index < -0.39 is 5.54 Å². The first kappa shape index (κ1) is 12.5. The maximum Gasteiger partial charge on any atom is 0.244 e. The summed E-state index contributed by atoms with van der Waals surface area (Å²) in [6.07, 6.45) is 1.75. The molecular formula is C14H17N3O. The summed E-state index contributed by atoms with van der Waals surface area (Å²) >= 11 is 0. The smallest absolute Gasteiger partial charge is 0.244 e. The normalized spacial score (nSPS) is 11.5. The molecule has 0 unspecified atom stereocenters. The maximum atomic E-state index is 12.0. The minimum atomic E-state index is -0.593. The van der Waals surface area contributed by atoms with Gasteiger partial charge < -0.3 is 10.6 Å². The van der Waals surface area contributed by atoms with Gasteiger partial charge in [-0.1, -0.05) is 6.07 Å². The van der Waals surface area contributed by atoms with Gasteiger partial charge in [-0.2, -0.15) is 0 Å². The molecule has 2 rings (SSSR count). The molecule has 1 aromatic carbocycles. The highest BCUT2D eigenvalue weighted by molar-refractivity contribution is 5.98.